The molecule has 39 heavy (non-hydrogen) atoms. The Labute approximate surface area is 227 Å². The van der Waals surface area contributed by atoms with Crippen LogP contribution in [0.2, 0.25) is 0 Å². The van der Waals surface area contributed by atoms with E-state index in [4.69, 9.17) is 0 Å². The van der Waals surface area contributed by atoms with Gasteiger partial charge in [-0.1, -0.05) is 26.0 Å². The monoisotopic (exact) mass is 578 g/mol. The van der Waals surface area contributed by atoms with E-state index in [1.165, 1.54) is 4.90 Å². The van der Waals surface area contributed by atoms with Crippen molar-refractivity contribution in [1.82, 2.24) is 15.1 Å². The van der Waals surface area contributed by atoms with Crippen LogP contribution in [0, 0.1) is 11.8 Å². The highest BCUT2D eigenvalue weighted by Gasteiger charge is 2.38. The van der Waals surface area contributed by atoms with E-state index < -0.39 is 29.5 Å². The van der Waals surface area contributed by atoms with Gasteiger partial charge >= 0.3 is 12.4 Å². The van der Waals surface area contributed by atoms with Gasteiger partial charge in [0, 0.05) is 20.6 Å². The maximum atomic E-state index is 13.5. The third-order valence-electron chi connectivity index (χ3n) is 6.52. The number of benzene rings is 1. The van der Waals surface area contributed by atoms with Gasteiger partial charge in [0.2, 0.25) is 5.91 Å². The van der Waals surface area contributed by atoms with Crippen LogP contribution in [-0.4, -0.2) is 60.0 Å². The van der Waals surface area contributed by atoms with Crippen LogP contribution < -0.4 is 5.32 Å². The summed E-state index contributed by atoms with van der Waals surface area (Å²) in [4.78, 5) is 33.2. The summed E-state index contributed by atoms with van der Waals surface area (Å²) in [5.74, 6) is 0.390. The van der Waals surface area contributed by atoms with Crippen molar-refractivity contribution in [3.63, 3.8) is 0 Å². The van der Waals surface area contributed by atoms with Gasteiger partial charge in [0.25, 0.3) is 5.24 Å². The zero-order valence-corrected chi connectivity index (χ0v) is 22.9. The zero-order valence-electron chi connectivity index (χ0n) is 22.1. The van der Waals surface area contributed by atoms with Crippen LogP contribution in [-0.2, 0) is 23.7 Å². The Bertz CT molecular complexity index is 1120. The van der Waals surface area contributed by atoms with E-state index in [1.807, 2.05) is 19.9 Å². The van der Waals surface area contributed by atoms with Gasteiger partial charge in [-0.2, -0.15) is 26.3 Å². The quantitative estimate of drug-likeness (QED) is 0.393. The number of amides is 2. The number of hydrogen-bond acceptors (Lipinski definition) is 5. The fourth-order valence-electron chi connectivity index (χ4n) is 4.54. The second-order valence-corrected chi connectivity index (χ2v) is 11.4. The average Bonchev–Trinajstić information content (AvgIpc) is 3.16. The Kier molecular flexibility index (Phi) is 9.79. The third kappa shape index (κ3) is 8.47. The van der Waals surface area contributed by atoms with Gasteiger partial charge < -0.3 is 10.2 Å². The number of alkyl halides is 6. The number of amidine groups is 1. The smallest absolute Gasteiger partial charge is 0.347 e. The average molecular weight is 579 g/mol. The molecule has 0 aliphatic carbocycles. The number of carbonyl (C=O) groups is 2. The Morgan fingerprint density at radius 2 is 1.79 bits per heavy atom. The van der Waals surface area contributed by atoms with E-state index >= 15 is 0 Å². The van der Waals surface area contributed by atoms with E-state index in [0.29, 0.717) is 49.2 Å². The van der Waals surface area contributed by atoms with Crippen molar-refractivity contribution in [2.75, 3.05) is 27.2 Å². The molecule has 1 N–H and O–H groups in total. The number of nitrogens with zero attached hydrogens (tertiary/aromatic N) is 3. The number of allylic oxidation sites excluding steroid dienone is 1. The largest absolute Gasteiger partial charge is 0.416 e. The molecule has 1 aromatic carbocycles. The molecule has 0 aromatic heterocycles. The number of thioether (sulfide) groups is 1. The number of rotatable bonds is 7. The van der Waals surface area contributed by atoms with Gasteiger partial charge in [0.1, 0.15) is 11.9 Å². The van der Waals surface area contributed by atoms with Crippen LogP contribution in [0.25, 0.3) is 0 Å². The summed E-state index contributed by atoms with van der Waals surface area (Å²) in [7, 11) is 3.29. The number of likely N-dealkylation sites (N-methyl/N-ethyl adjacent to an activating group) is 1. The molecule has 0 bridgehead atoms. The predicted octanol–water partition coefficient (Wildman–Crippen LogP) is 6.18. The number of likely N-dealkylation sites (tertiary alicyclic amines) is 1. The van der Waals surface area contributed by atoms with E-state index in [-0.39, 0.29) is 41.2 Å². The lowest BCUT2D eigenvalue weighted by atomic mass is 9.95. The van der Waals surface area contributed by atoms with Crippen LogP contribution >= 0.6 is 11.8 Å². The number of aliphatic imine (C=N–C) groups is 1. The second-order valence-electron chi connectivity index (χ2n) is 10.4. The van der Waals surface area contributed by atoms with Gasteiger partial charge in [0.05, 0.1) is 16.0 Å². The lowest BCUT2D eigenvalue weighted by Gasteiger charge is -2.31. The first-order chi connectivity index (χ1) is 18.0. The van der Waals surface area contributed by atoms with E-state index in [9.17, 15) is 35.9 Å². The second kappa shape index (κ2) is 12.3. The van der Waals surface area contributed by atoms with Crippen molar-refractivity contribution in [2.45, 2.75) is 58.0 Å². The Morgan fingerprint density at radius 1 is 1.15 bits per heavy atom. The fourth-order valence-corrected chi connectivity index (χ4v) is 5.35. The van der Waals surface area contributed by atoms with Crippen molar-refractivity contribution in [3.05, 3.63) is 45.9 Å². The minimum atomic E-state index is -4.91. The van der Waals surface area contributed by atoms with Gasteiger partial charge in [-0.05, 0) is 73.6 Å². The van der Waals surface area contributed by atoms with Gasteiger partial charge in [-0.3, -0.25) is 19.5 Å². The molecule has 13 heteroatoms. The van der Waals surface area contributed by atoms with Gasteiger partial charge in [0.15, 0.2) is 0 Å². The molecule has 2 aliphatic rings. The topological polar surface area (TPSA) is 65.0 Å². The molecule has 2 amide bonds. The highest BCUT2D eigenvalue weighted by molar-refractivity contribution is 8.18. The molecule has 0 spiro atoms. The molecule has 0 radical (unpaired) electrons. The molecule has 2 aliphatic heterocycles. The highest BCUT2D eigenvalue weighted by Crippen LogP contribution is 2.38. The third-order valence-corrected chi connectivity index (χ3v) is 7.35. The summed E-state index contributed by atoms with van der Waals surface area (Å²) in [6.45, 7) is 4.69. The summed E-state index contributed by atoms with van der Waals surface area (Å²) < 4.78 is 79.5. The van der Waals surface area contributed by atoms with Crippen molar-refractivity contribution < 1.29 is 35.9 Å². The molecule has 3 rings (SSSR count). The van der Waals surface area contributed by atoms with Crippen molar-refractivity contribution in [3.8, 4) is 0 Å². The number of hydrogen-bond donors (Lipinski definition) is 1. The Balaban J connectivity index is 1.72. The number of nitrogens with one attached hydrogen (secondary N) is 1. The molecule has 1 atom stereocenters. The Hall–Kier alpha value is -2.54. The minimum absolute atomic E-state index is 0.0180. The fraction of sp³-hybridized carbons (Fsp3) is 0.577. The summed E-state index contributed by atoms with van der Waals surface area (Å²) in [6, 6.07) is 1.10. The summed E-state index contributed by atoms with van der Waals surface area (Å²) >= 11 is 0.985. The van der Waals surface area contributed by atoms with E-state index in [0.717, 1.165) is 17.8 Å². The summed E-state index contributed by atoms with van der Waals surface area (Å²) in [6.07, 6.45) is -6.19. The van der Waals surface area contributed by atoms with Crippen LogP contribution in [0.1, 0.15) is 49.8 Å². The maximum absolute atomic E-state index is 13.5. The molecular weight excluding hydrogens is 546 g/mol. The maximum Gasteiger partial charge on any atom is 0.416 e. The molecule has 2 fully saturated rings. The predicted molar refractivity (Wildman–Crippen MR) is 138 cm³/mol. The van der Waals surface area contributed by atoms with Crippen molar-refractivity contribution >= 4 is 28.7 Å². The molecule has 1 unspecified atom stereocenters. The lowest BCUT2D eigenvalue weighted by Crippen LogP contribution is -2.35. The number of piperidine rings is 1. The standard InChI is InChI=1S/C26H32F6N4O2S/c1-15(2)11-20(23(37)35(3)4)33-22-21(39-24(38)34-22)12-16-7-9-36(10-8-16)14-17-5-6-18(25(27,28)29)13-19(17)26(30,31)32/h5-6,12-13,15-16,20H,7-11,14H2,1-4H3,(H,33,34,38). The van der Waals surface area contributed by atoms with Gasteiger partial charge in [-0.15, -0.1) is 0 Å². The first-order valence-corrected chi connectivity index (χ1v) is 13.4. The van der Waals surface area contributed by atoms with E-state index in [2.05, 4.69) is 10.3 Å². The van der Waals surface area contributed by atoms with Crippen LogP contribution in [0.5, 0.6) is 0 Å². The molecule has 2 saturated heterocycles. The number of halogens is 6. The molecular formula is C26H32F6N4O2S. The van der Waals surface area contributed by atoms with Crippen LogP contribution in [0.15, 0.2) is 34.2 Å². The molecule has 216 valence electrons. The Morgan fingerprint density at radius 3 is 2.33 bits per heavy atom. The first-order valence-electron chi connectivity index (χ1n) is 12.5. The van der Waals surface area contributed by atoms with E-state index in [1.54, 1.807) is 19.0 Å². The minimum Gasteiger partial charge on any atom is -0.347 e. The SMILES string of the molecule is CC(C)CC(N=C1NC(=O)SC1=CC1CCN(Cc2ccc(C(F)(F)F)cc2C(F)(F)F)CC1)C(=O)N(C)C. The summed E-state index contributed by atoms with van der Waals surface area (Å²) in [5.41, 5.74) is -2.82. The summed E-state index contributed by atoms with van der Waals surface area (Å²) in [5, 5.41) is 2.40. The normalized spacial score (nSPS) is 20.6. The van der Waals surface area contributed by atoms with Crippen molar-refractivity contribution in [2.24, 2.45) is 16.8 Å². The number of carbonyl (C=O) groups excluding carboxylic acids is 2. The molecule has 2 heterocycles. The highest BCUT2D eigenvalue weighted by atomic mass is 32.2. The van der Waals surface area contributed by atoms with Crippen LogP contribution in [0.3, 0.4) is 0 Å². The van der Waals surface area contributed by atoms with Crippen LogP contribution in [0.4, 0.5) is 31.1 Å². The van der Waals surface area contributed by atoms with Gasteiger partial charge in [-0.25, -0.2) is 0 Å². The lowest BCUT2D eigenvalue weighted by molar-refractivity contribution is -0.143. The molecule has 0 saturated carbocycles. The molecule has 1 aromatic rings. The zero-order chi connectivity index (χ0) is 29.1. The molecule has 6 nitrogen and oxygen atoms in total. The van der Waals surface area contributed by atoms with Crippen molar-refractivity contribution in [1.29, 1.82) is 0 Å². The first kappa shape index (κ1) is 31.0.